The van der Waals surface area contributed by atoms with Crippen LogP contribution < -0.4 is 14.4 Å². The maximum absolute atomic E-state index is 13.5. The number of hydrogen-bond donors (Lipinski definition) is 0. The quantitative estimate of drug-likeness (QED) is 0.183. The molecular formula is C27H22BrClN2O5S. The van der Waals surface area contributed by atoms with Crippen LogP contribution in [-0.4, -0.2) is 42.7 Å². The fourth-order valence-electron chi connectivity index (χ4n) is 3.61. The second-order valence-corrected chi connectivity index (χ2v) is 9.61. The SMILES string of the molecule is COC(=O)CN1C(=S)N(c2ccc(OC)cc2)C(=O)/C1=C/c1ccc(OCc2ccc(Br)cc2)c(Cl)c1. The third-order valence-corrected chi connectivity index (χ3v) is 6.77. The molecule has 1 aliphatic rings. The summed E-state index contributed by atoms with van der Waals surface area (Å²) in [5.74, 6) is 0.227. The molecule has 0 unspecified atom stereocenters. The Balaban J connectivity index is 1.60. The van der Waals surface area contributed by atoms with Crippen LogP contribution in [0.2, 0.25) is 5.02 Å². The van der Waals surface area contributed by atoms with Crippen LogP contribution in [0.3, 0.4) is 0 Å². The molecule has 3 aromatic carbocycles. The lowest BCUT2D eigenvalue weighted by atomic mass is 10.1. The number of ether oxygens (including phenoxy) is 3. The van der Waals surface area contributed by atoms with Crippen molar-refractivity contribution in [3.8, 4) is 11.5 Å². The Morgan fingerprint density at radius 3 is 2.38 bits per heavy atom. The molecule has 0 radical (unpaired) electrons. The molecule has 0 spiro atoms. The number of rotatable bonds is 8. The molecule has 1 amide bonds. The predicted octanol–water partition coefficient (Wildman–Crippen LogP) is 5.84. The molecule has 0 saturated carbocycles. The second-order valence-electron chi connectivity index (χ2n) is 7.92. The number of carbonyl (C=O) groups is 2. The van der Waals surface area contributed by atoms with Crippen molar-refractivity contribution in [1.82, 2.24) is 4.90 Å². The van der Waals surface area contributed by atoms with Gasteiger partial charge in [0.2, 0.25) is 0 Å². The summed E-state index contributed by atoms with van der Waals surface area (Å²) in [6.45, 7) is 0.131. The molecule has 0 aliphatic carbocycles. The normalized spacial score (nSPS) is 14.3. The fraction of sp³-hybridized carbons (Fsp3) is 0.148. The van der Waals surface area contributed by atoms with Gasteiger partial charge in [0.25, 0.3) is 5.91 Å². The van der Waals surface area contributed by atoms with Crippen LogP contribution in [0.15, 0.2) is 76.9 Å². The van der Waals surface area contributed by atoms with Gasteiger partial charge in [-0.2, -0.15) is 0 Å². The maximum atomic E-state index is 13.5. The van der Waals surface area contributed by atoms with Gasteiger partial charge >= 0.3 is 5.97 Å². The average molecular weight is 602 g/mol. The summed E-state index contributed by atoms with van der Waals surface area (Å²) in [6, 6.07) is 19.9. The lowest BCUT2D eigenvalue weighted by Gasteiger charge is -2.19. The number of carbonyl (C=O) groups excluding carboxylic acids is 2. The largest absolute Gasteiger partial charge is 0.497 e. The van der Waals surface area contributed by atoms with Gasteiger partial charge in [-0.3, -0.25) is 14.5 Å². The van der Waals surface area contributed by atoms with E-state index in [4.69, 9.17) is 38.0 Å². The standard InChI is InChI=1S/C27H22BrClN2O5S/c1-34-21-10-8-20(9-11-21)31-26(33)23(30(27(31)37)15-25(32)35-2)14-18-5-12-24(22(29)13-18)36-16-17-3-6-19(28)7-4-17/h3-14H,15-16H2,1-2H3/b23-14-. The van der Waals surface area contributed by atoms with E-state index in [1.807, 2.05) is 24.3 Å². The van der Waals surface area contributed by atoms with Gasteiger partial charge in [0.15, 0.2) is 5.11 Å². The van der Waals surface area contributed by atoms with Crippen molar-refractivity contribution in [2.24, 2.45) is 0 Å². The minimum atomic E-state index is -0.535. The summed E-state index contributed by atoms with van der Waals surface area (Å²) in [6.07, 6.45) is 1.63. The molecular weight excluding hydrogens is 580 g/mol. The average Bonchev–Trinajstić information content (AvgIpc) is 3.13. The van der Waals surface area contributed by atoms with E-state index in [1.165, 1.54) is 16.9 Å². The van der Waals surface area contributed by atoms with E-state index >= 15 is 0 Å². The van der Waals surface area contributed by atoms with E-state index in [1.54, 1.807) is 55.7 Å². The van der Waals surface area contributed by atoms with Gasteiger partial charge in [-0.1, -0.05) is 45.7 Å². The summed E-state index contributed by atoms with van der Waals surface area (Å²) in [5.41, 5.74) is 2.39. The Bertz CT molecular complexity index is 1360. The first kappa shape index (κ1) is 26.7. The number of methoxy groups -OCH3 is 2. The Kier molecular flexibility index (Phi) is 8.48. The lowest BCUT2D eigenvalue weighted by molar-refractivity contribution is -0.140. The van der Waals surface area contributed by atoms with Gasteiger partial charge in [0.05, 0.1) is 24.9 Å². The molecule has 10 heteroatoms. The summed E-state index contributed by atoms with van der Waals surface area (Å²) in [5, 5.41) is 0.540. The summed E-state index contributed by atoms with van der Waals surface area (Å²) in [7, 11) is 2.84. The van der Waals surface area contributed by atoms with Crippen molar-refractivity contribution in [2.75, 3.05) is 25.7 Å². The number of benzene rings is 3. The van der Waals surface area contributed by atoms with E-state index in [-0.39, 0.29) is 23.3 Å². The van der Waals surface area contributed by atoms with Crippen molar-refractivity contribution in [2.45, 2.75) is 6.61 Å². The lowest BCUT2D eigenvalue weighted by Crippen LogP contribution is -2.35. The van der Waals surface area contributed by atoms with Crippen molar-refractivity contribution in [1.29, 1.82) is 0 Å². The van der Waals surface area contributed by atoms with Crippen LogP contribution in [0, 0.1) is 0 Å². The van der Waals surface area contributed by atoms with Gasteiger partial charge in [-0.25, -0.2) is 0 Å². The van der Waals surface area contributed by atoms with Gasteiger partial charge in [0, 0.05) is 4.47 Å². The highest BCUT2D eigenvalue weighted by Crippen LogP contribution is 2.32. The fourth-order valence-corrected chi connectivity index (χ4v) is 4.47. The molecule has 3 aromatic rings. The Hall–Kier alpha value is -3.40. The summed E-state index contributed by atoms with van der Waals surface area (Å²) in [4.78, 5) is 28.4. The highest BCUT2D eigenvalue weighted by molar-refractivity contribution is 9.10. The van der Waals surface area contributed by atoms with E-state index < -0.39 is 5.97 Å². The monoisotopic (exact) mass is 600 g/mol. The molecule has 0 aromatic heterocycles. The number of halogens is 2. The molecule has 0 atom stereocenters. The van der Waals surface area contributed by atoms with E-state index in [0.29, 0.717) is 34.4 Å². The Morgan fingerprint density at radius 1 is 1.05 bits per heavy atom. The predicted molar refractivity (Wildman–Crippen MR) is 150 cm³/mol. The molecule has 4 rings (SSSR count). The zero-order valence-corrected chi connectivity index (χ0v) is 23.1. The van der Waals surface area contributed by atoms with Crippen LogP contribution >= 0.6 is 39.7 Å². The first-order valence-corrected chi connectivity index (χ1v) is 12.6. The highest BCUT2D eigenvalue weighted by Gasteiger charge is 2.40. The van der Waals surface area contributed by atoms with E-state index in [9.17, 15) is 9.59 Å². The van der Waals surface area contributed by atoms with Crippen LogP contribution in [-0.2, 0) is 20.9 Å². The molecule has 1 aliphatic heterocycles. The molecule has 1 saturated heterocycles. The van der Waals surface area contributed by atoms with Crippen molar-refractivity contribution in [3.05, 3.63) is 93.0 Å². The molecule has 0 N–H and O–H groups in total. The van der Waals surface area contributed by atoms with Crippen LogP contribution in [0.5, 0.6) is 11.5 Å². The molecule has 7 nitrogen and oxygen atoms in total. The number of hydrogen-bond acceptors (Lipinski definition) is 6. The number of esters is 1. The third-order valence-electron chi connectivity index (χ3n) is 5.55. The zero-order valence-electron chi connectivity index (χ0n) is 19.9. The van der Waals surface area contributed by atoms with Crippen molar-refractivity contribution < 1.29 is 23.8 Å². The van der Waals surface area contributed by atoms with Crippen molar-refractivity contribution >= 4 is 68.5 Å². The Labute approximate surface area is 233 Å². The zero-order chi connectivity index (χ0) is 26.5. The number of thiocarbonyl (C=S) groups is 1. The minimum Gasteiger partial charge on any atom is -0.497 e. The number of nitrogens with zero attached hydrogens (tertiary/aromatic N) is 2. The molecule has 37 heavy (non-hydrogen) atoms. The van der Waals surface area contributed by atoms with Gasteiger partial charge in [0.1, 0.15) is 30.3 Å². The molecule has 1 fully saturated rings. The van der Waals surface area contributed by atoms with Gasteiger partial charge < -0.3 is 19.1 Å². The smallest absolute Gasteiger partial charge is 0.325 e. The van der Waals surface area contributed by atoms with Crippen LogP contribution in [0.1, 0.15) is 11.1 Å². The number of anilines is 1. The third kappa shape index (κ3) is 6.12. The molecule has 0 bridgehead atoms. The molecule has 190 valence electrons. The topological polar surface area (TPSA) is 68.3 Å². The van der Waals surface area contributed by atoms with Gasteiger partial charge in [-0.15, -0.1) is 0 Å². The summed E-state index contributed by atoms with van der Waals surface area (Å²) < 4.78 is 16.9. The molecule has 1 heterocycles. The Morgan fingerprint density at radius 2 is 1.76 bits per heavy atom. The van der Waals surface area contributed by atoms with Crippen LogP contribution in [0.25, 0.3) is 6.08 Å². The highest BCUT2D eigenvalue weighted by atomic mass is 79.9. The first-order valence-electron chi connectivity index (χ1n) is 11.1. The minimum absolute atomic E-state index is 0.160. The number of amides is 1. The van der Waals surface area contributed by atoms with Crippen LogP contribution in [0.4, 0.5) is 5.69 Å². The maximum Gasteiger partial charge on any atom is 0.325 e. The summed E-state index contributed by atoms with van der Waals surface area (Å²) >= 11 is 15.5. The second kappa shape index (κ2) is 11.8. The van der Waals surface area contributed by atoms with E-state index in [2.05, 4.69) is 15.9 Å². The first-order chi connectivity index (χ1) is 17.8. The van der Waals surface area contributed by atoms with Crippen molar-refractivity contribution in [3.63, 3.8) is 0 Å². The van der Waals surface area contributed by atoms with Gasteiger partial charge in [-0.05, 0) is 78.0 Å². The van der Waals surface area contributed by atoms with E-state index in [0.717, 1.165) is 10.0 Å².